The fourth-order valence-electron chi connectivity index (χ4n) is 2.31. The van der Waals surface area contributed by atoms with Crippen LogP contribution in [0.2, 0.25) is 5.02 Å². The molecule has 0 saturated carbocycles. The zero-order chi connectivity index (χ0) is 12.3. The molecule has 2 heterocycles. The van der Waals surface area contributed by atoms with Crippen LogP contribution in [0.25, 0.3) is 0 Å². The molecule has 1 saturated heterocycles. The Morgan fingerprint density at radius 1 is 1.71 bits per heavy atom. The largest absolute Gasteiger partial charge is 0.381 e. The minimum absolute atomic E-state index is 0.414. The molecule has 2 atom stereocenters. The Balaban J connectivity index is 2.04. The Labute approximate surface area is 107 Å². The minimum Gasteiger partial charge on any atom is -0.381 e. The second kappa shape index (κ2) is 5.85. The lowest BCUT2D eigenvalue weighted by molar-refractivity contribution is 0.173. The highest BCUT2D eigenvalue weighted by molar-refractivity contribution is 6.31. The van der Waals surface area contributed by atoms with Gasteiger partial charge in [0.15, 0.2) is 0 Å². The Bertz CT molecular complexity index is 361. The topological polar surface area (TPSA) is 39.1 Å². The molecule has 0 amide bonds. The molecular formula is C12H20ClN3O. The summed E-state index contributed by atoms with van der Waals surface area (Å²) in [6, 6.07) is 0.414. The van der Waals surface area contributed by atoms with E-state index in [-0.39, 0.29) is 0 Å². The molecule has 4 nitrogen and oxygen atoms in total. The number of aromatic nitrogens is 2. The van der Waals surface area contributed by atoms with Crippen LogP contribution >= 0.6 is 11.6 Å². The van der Waals surface area contributed by atoms with Crippen molar-refractivity contribution in [2.75, 3.05) is 19.8 Å². The first-order valence-electron chi connectivity index (χ1n) is 6.21. The number of halogens is 1. The van der Waals surface area contributed by atoms with Crippen LogP contribution in [0.1, 0.15) is 19.0 Å². The van der Waals surface area contributed by atoms with E-state index in [1.54, 1.807) is 6.20 Å². The zero-order valence-electron chi connectivity index (χ0n) is 10.4. The average molecular weight is 258 g/mol. The zero-order valence-corrected chi connectivity index (χ0v) is 11.2. The van der Waals surface area contributed by atoms with Crippen LogP contribution < -0.4 is 5.32 Å². The third-order valence-electron chi connectivity index (χ3n) is 3.41. The highest BCUT2D eigenvalue weighted by Crippen LogP contribution is 2.20. The molecule has 0 spiro atoms. The summed E-state index contributed by atoms with van der Waals surface area (Å²) in [5, 5.41) is 8.58. The molecule has 0 aromatic carbocycles. The monoisotopic (exact) mass is 257 g/mol. The van der Waals surface area contributed by atoms with Crippen molar-refractivity contribution in [3.63, 3.8) is 0 Å². The first-order chi connectivity index (χ1) is 8.22. The number of hydrogen-bond donors (Lipinski definition) is 1. The quantitative estimate of drug-likeness (QED) is 0.875. The minimum atomic E-state index is 0.414. The molecule has 0 bridgehead atoms. The third-order valence-corrected chi connectivity index (χ3v) is 3.78. The van der Waals surface area contributed by atoms with Gasteiger partial charge in [-0.05, 0) is 19.9 Å². The van der Waals surface area contributed by atoms with Crippen molar-refractivity contribution in [2.45, 2.75) is 32.9 Å². The van der Waals surface area contributed by atoms with E-state index in [1.807, 2.05) is 11.6 Å². The molecule has 1 aromatic heterocycles. The standard InChI is InChI=1S/C12H20ClN3O/c1-3-14-12(10-4-5-17-8-10)7-16-9(2)11(13)6-15-16/h6,10,12,14H,3-5,7-8H2,1-2H3. The molecule has 1 aliphatic rings. The summed E-state index contributed by atoms with van der Waals surface area (Å²) in [6.07, 6.45) is 2.84. The van der Waals surface area contributed by atoms with Crippen LogP contribution in [0.15, 0.2) is 6.20 Å². The number of rotatable bonds is 5. The van der Waals surface area contributed by atoms with Gasteiger partial charge in [0.1, 0.15) is 0 Å². The van der Waals surface area contributed by atoms with E-state index < -0.39 is 0 Å². The van der Waals surface area contributed by atoms with Crippen LogP contribution in [0, 0.1) is 12.8 Å². The summed E-state index contributed by atoms with van der Waals surface area (Å²) >= 11 is 6.02. The predicted octanol–water partition coefficient (Wildman–Crippen LogP) is 1.86. The van der Waals surface area contributed by atoms with Gasteiger partial charge in [-0.25, -0.2) is 0 Å². The van der Waals surface area contributed by atoms with Crippen molar-refractivity contribution in [3.8, 4) is 0 Å². The van der Waals surface area contributed by atoms with E-state index in [0.29, 0.717) is 12.0 Å². The molecule has 2 unspecified atom stereocenters. The Kier molecular flexibility index (Phi) is 4.42. The van der Waals surface area contributed by atoms with E-state index >= 15 is 0 Å². The van der Waals surface area contributed by atoms with Gasteiger partial charge in [-0.15, -0.1) is 0 Å². The Morgan fingerprint density at radius 3 is 3.06 bits per heavy atom. The Hall–Kier alpha value is -0.580. The molecule has 0 aliphatic carbocycles. The highest BCUT2D eigenvalue weighted by atomic mass is 35.5. The van der Waals surface area contributed by atoms with Gasteiger partial charge in [0, 0.05) is 18.6 Å². The van der Waals surface area contributed by atoms with Crippen LogP contribution in [0.4, 0.5) is 0 Å². The van der Waals surface area contributed by atoms with Gasteiger partial charge >= 0.3 is 0 Å². The van der Waals surface area contributed by atoms with Gasteiger partial charge in [0.25, 0.3) is 0 Å². The lowest BCUT2D eigenvalue weighted by Crippen LogP contribution is -2.40. The van der Waals surface area contributed by atoms with E-state index in [1.165, 1.54) is 0 Å². The predicted molar refractivity (Wildman–Crippen MR) is 68.4 cm³/mol. The number of nitrogens with zero attached hydrogens (tertiary/aromatic N) is 2. The van der Waals surface area contributed by atoms with Crippen LogP contribution in [-0.2, 0) is 11.3 Å². The van der Waals surface area contributed by atoms with Crippen LogP contribution in [-0.4, -0.2) is 35.6 Å². The van der Waals surface area contributed by atoms with Crippen molar-refractivity contribution in [1.82, 2.24) is 15.1 Å². The normalized spacial score (nSPS) is 21.9. The molecular weight excluding hydrogens is 238 g/mol. The van der Waals surface area contributed by atoms with Crippen LogP contribution in [0.5, 0.6) is 0 Å². The van der Waals surface area contributed by atoms with Gasteiger partial charge in [-0.2, -0.15) is 5.10 Å². The van der Waals surface area contributed by atoms with Crippen molar-refractivity contribution in [2.24, 2.45) is 5.92 Å². The van der Waals surface area contributed by atoms with Crippen molar-refractivity contribution < 1.29 is 4.74 Å². The average Bonchev–Trinajstić information content (AvgIpc) is 2.93. The Morgan fingerprint density at radius 2 is 2.53 bits per heavy atom. The van der Waals surface area contributed by atoms with E-state index in [9.17, 15) is 0 Å². The second-order valence-electron chi connectivity index (χ2n) is 4.55. The molecule has 17 heavy (non-hydrogen) atoms. The summed E-state index contributed by atoms with van der Waals surface area (Å²) < 4.78 is 7.44. The number of hydrogen-bond acceptors (Lipinski definition) is 3. The molecule has 1 N–H and O–H groups in total. The first kappa shape index (κ1) is 12.9. The molecule has 1 fully saturated rings. The fourth-order valence-corrected chi connectivity index (χ4v) is 2.45. The summed E-state index contributed by atoms with van der Waals surface area (Å²) in [5.74, 6) is 0.581. The van der Waals surface area contributed by atoms with Crippen LogP contribution in [0.3, 0.4) is 0 Å². The van der Waals surface area contributed by atoms with E-state index in [4.69, 9.17) is 16.3 Å². The van der Waals surface area contributed by atoms with Crippen molar-refractivity contribution >= 4 is 11.6 Å². The summed E-state index contributed by atoms with van der Waals surface area (Å²) in [4.78, 5) is 0. The molecule has 96 valence electrons. The van der Waals surface area contributed by atoms with Gasteiger partial charge in [-0.1, -0.05) is 18.5 Å². The SMILES string of the molecule is CCNC(Cn1ncc(Cl)c1C)C1CCOC1. The lowest BCUT2D eigenvalue weighted by atomic mass is 9.99. The molecule has 5 heteroatoms. The van der Waals surface area contributed by atoms with Gasteiger partial charge in [0.05, 0.1) is 30.1 Å². The number of nitrogens with one attached hydrogen (secondary N) is 1. The van der Waals surface area contributed by atoms with Gasteiger partial charge in [0.2, 0.25) is 0 Å². The number of ether oxygens (including phenoxy) is 1. The first-order valence-corrected chi connectivity index (χ1v) is 6.59. The van der Waals surface area contributed by atoms with E-state index in [2.05, 4.69) is 17.3 Å². The van der Waals surface area contributed by atoms with Crippen molar-refractivity contribution in [3.05, 3.63) is 16.9 Å². The summed E-state index contributed by atoms with van der Waals surface area (Å²) in [5.41, 5.74) is 1.04. The lowest BCUT2D eigenvalue weighted by Gasteiger charge is -2.23. The van der Waals surface area contributed by atoms with Gasteiger partial charge < -0.3 is 10.1 Å². The van der Waals surface area contributed by atoms with E-state index in [0.717, 1.165) is 43.4 Å². The molecule has 1 aliphatic heterocycles. The fraction of sp³-hybridized carbons (Fsp3) is 0.750. The summed E-state index contributed by atoms with van der Waals surface area (Å²) in [6.45, 7) is 7.70. The maximum atomic E-state index is 6.02. The maximum Gasteiger partial charge on any atom is 0.0814 e. The maximum absolute atomic E-state index is 6.02. The second-order valence-corrected chi connectivity index (χ2v) is 4.96. The van der Waals surface area contributed by atoms with Gasteiger partial charge in [-0.3, -0.25) is 4.68 Å². The highest BCUT2D eigenvalue weighted by Gasteiger charge is 2.26. The molecule has 2 rings (SSSR count). The molecule has 0 radical (unpaired) electrons. The van der Waals surface area contributed by atoms with Crippen molar-refractivity contribution in [1.29, 1.82) is 0 Å². The smallest absolute Gasteiger partial charge is 0.0814 e. The summed E-state index contributed by atoms with van der Waals surface area (Å²) in [7, 11) is 0. The number of likely N-dealkylation sites (N-methyl/N-ethyl adjacent to an activating group) is 1. The molecule has 1 aromatic rings. The third kappa shape index (κ3) is 3.00.